The van der Waals surface area contributed by atoms with E-state index in [4.69, 9.17) is 27.8 Å². The normalized spacial score (nSPS) is 10.4. The average Bonchev–Trinajstić information content (AvgIpc) is 2.88. The third-order valence-electron chi connectivity index (χ3n) is 4.61. The van der Waals surface area contributed by atoms with Crippen molar-refractivity contribution in [1.29, 1.82) is 0 Å². The number of hydrogen-bond acceptors (Lipinski definition) is 9. The monoisotopic (exact) mass is 486 g/mol. The van der Waals surface area contributed by atoms with Gasteiger partial charge in [0.2, 0.25) is 0 Å². The highest BCUT2D eigenvalue weighted by molar-refractivity contribution is 7.43. The first-order valence-corrected chi connectivity index (χ1v) is 11.0. The number of rotatable bonds is 12. The van der Waals surface area contributed by atoms with Gasteiger partial charge < -0.3 is 32.9 Å². The molecule has 3 aromatic rings. The quantitative estimate of drug-likeness (QED) is 0.290. The van der Waals surface area contributed by atoms with Crippen LogP contribution in [0.15, 0.2) is 54.6 Å². The van der Waals surface area contributed by atoms with E-state index in [1.807, 2.05) is 0 Å². The van der Waals surface area contributed by atoms with E-state index in [1.54, 1.807) is 42.5 Å². The number of methoxy groups -OCH3 is 3. The lowest BCUT2D eigenvalue weighted by molar-refractivity contribution is 0.111. The molecule has 0 radical (unpaired) electrons. The topological polar surface area (TPSA) is 110 Å². The molecule has 0 spiro atoms. The minimum Gasteiger partial charge on any atom is -0.493 e. The first-order chi connectivity index (χ1) is 16.6. The first-order valence-electron chi connectivity index (χ1n) is 9.94. The van der Waals surface area contributed by atoms with Gasteiger partial charge in [0.25, 0.3) is 0 Å². The van der Waals surface area contributed by atoms with Crippen LogP contribution < -0.4 is 27.8 Å². The zero-order chi connectivity index (χ0) is 24.5. The number of carbonyl (C=O) groups is 2. The Labute approximate surface area is 197 Å². The molecule has 178 valence electrons. The molecule has 10 heteroatoms. The summed E-state index contributed by atoms with van der Waals surface area (Å²) in [4.78, 5) is 22.3. The second-order valence-corrected chi connectivity index (χ2v) is 7.66. The number of ether oxygens (including phenoxy) is 3. The summed E-state index contributed by atoms with van der Waals surface area (Å²) in [5, 5.41) is 9.79. The summed E-state index contributed by atoms with van der Waals surface area (Å²) in [5.41, 5.74) is 1.24. The maximum Gasteiger partial charge on any atom is 0.530 e. The molecule has 0 amide bonds. The Morgan fingerprint density at radius 3 is 1.68 bits per heavy atom. The molecule has 0 saturated carbocycles. The fourth-order valence-electron chi connectivity index (χ4n) is 2.91. The van der Waals surface area contributed by atoms with Gasteiger partial charge in [0.1, 0.15) is 12.6 Å². The number of hydrogen-bond donors (Lipinski definition) is 1. The standard InChI is InChI=1S/C24H23O9P/c1-28-21-6-4-5-18(15-27)24(21)33-34(31-19-9-7-16(13-25)11-22(19)29-2)32-20-10-8-17(14-26)12-23(20)30-3/h4-14,27H,15H2,1-3H3. The van der Waals surface area contributed by atoms with Crippen LogP contribution in [0.3, 0.4) is 0 Å². The molecule has 3 aromatic carbocycles. The Morgan fingerprint density at radius 1 is 0.706 bits per heavy atom. The van der Waals surface area contributed by atoms with Crippen LogP contribution in [0, 0.1) is 0 Å². The van der Waals surface area contributed by atoms with Crippen molar-refractivity contribution in [3.63, 3.8) is 0 Å². The van der Waals surface area contributed by atoms with Crippen LogP contribution >= 0.6 is 8.60 Å². The molecule has 1 N–H and O–H groups in total. The fraction of sp³-hybridized carbons (Fsp3) is 0.167. The van der Waals surface area contributed by atoms with E-state index in [1.165, 1.54) is 33.5 Å². The summed E-state index contributed by atoms with van der Waals surface area (Å²) in [7, 11) is 2.11. The van der Waals surface area contributed by atoms with E-state index in [2.05, 4.69) is 0 Å². The summed E-state index contributed by atoms with van der Waals surface area (Å²) >= 11 is 0. The van der Waals surface area contributed by atoms with Gasteiger partial charge in [0, 0.05) is 16.7 Å². The molecule has 0 unspecified atom stereocenters. The molecular formula is C24H23O9P. The van der Waals surface area contributed by atoms with E-state index in [9.17, 15) is 14.7 Å². The van der Waals surface area contributed by atoms with Gasteiger partial charge in [-0.15, -0.1) is 0 Å². The number of aldehydes is 2. The largest absolute Gasteiger partial charge is 0.530 e. The number of carbonyl (C=O) groups excluding carboxylic acids is 2. The van der Waals surface area contributed by atoms with Gasteiger partial charge in [0.15, 0.2) is 34.5 Å². The molecule has 9 nitrogen and oxygen atoms in total. The fourth-order valence-corrected chi connectivity index (χ4v) is 4.00. The van der Waals surface area contributed by atoms with Gasteiger partial charge in [-0.1, -0.05) is 12.1 Å². The van der Waals surface area contributed by atoms with Crippen LogP contribution in [0.2, 0.25) is 0 Å². The van der Waals surface area contributed by atoms with Gasteiger partial charge in [-0.3, -0.25) is 9.59 Å². The van der Waals surface area contributed by atoms with Gasteiger partial charge in [0.05, 0.1) is 27.9 Å². The van der Waals surface area contributed by atoms with Crippen molar-refractivity contribution >= 4 is 21.2 Å². The molecule has 0 heterocycles. The molecule has 34 heavy (non-hydrogen) atoms. The Balaban J connectivity index is 2.02. The van der Waals surface area contributed by atoms with Crippen molar-refractivity contribution in [1.82, 2.24) is 0 Å². The number of aliphatic hydroxyl groups is 1. The summed E-state index contributed by atoms with van der Waals surface area (Å²) in [5.74, 6) is 1.67. The van der Waals surface area contributed by atoms with Crippen molar-refractivity contribution in [3.8, 4) is 34.5 Å². The molecule has 0 fully saturated rings. The molecule has 0 aromatic heterocycles. The number of aliphatic hydroxyl groups excluding tert-OH is 1. The first kappa shape index (κ1) is 24.8. The molecule has 0 aliphatic rings. The van der Waals surface area contributed by atoms with Crippen molar-refractivity contribution < 1.29 is 42.5 Å². The second kappa shape index (κ2) is 11.9. The van der Waals surface area contributed by atoms with Crippen LogP contribution in [0.4, 0.5) is 0 Å². The van der Waals surface area contributed by atoms with Crippen LogP contribution in [0.25, 0.3) is 0 Å². The van der Waals surface area contributed by atoms with E-state index >= 15 is 0 Å². The van der Waals surface area contributed by atoms with Crippen molar-refractivity contribution in [2.45, 2.75) is 6.61 Å². The van der Waals surface area contributed by atoms with Gasteiger partial charge >= 0.3 is 8.60 Å². The lowest BCUT2D eigenvalue weighted by Crippen LogP contribution is -2.06. The van der Waals surface area contributed by atoms with Gasteiger partial charge in [-0.2, -0.15) is 0 Å². The van der Waals surface area contributed by atoms with Crippen LogP contribution in [0.5, 0.6) is 34.5 Å². The van der Waals surface area contributed by atoms with E-state index in [0.717, 1.165) is 0 Å². The van der Waals surface area contributed by atoms with Crippen molar-refractivity contribution in [2.75, 3.05) is 21.3 Å². The van der Waals surface area contributed by atoms with Crippen LogP contribution in [-0.2, 0) is 6.61 Å². The average molecular weight is 486 g/mol. The summed E-state index contributed by atoms with van der Waals surface area (Å²) in [6.45, 7) is -0.315. The van der Waals surface area contributed by atoms with Crippen LogP contribution in [-0.4, -0.2) is 39.0 Å². The number of para-hydroxylation sites is 1. The van der Waals surface area contributed by atoms with E-state index < -0.39 is 8.60 Å². The van der Waals surface area contributed by atoms with E-state index in [-0.39, 0.29) is 35.4 Å². The highest BCUT2D eigenvalue weighted by Crippen LogP contribution is 2.49. The summed E-state index contributed by atoms with van der Waals surface area (Å²) in [6, 6.07) is 14.3. The zero-order valence-corrected chi connectivity index (χ0v) is 19.6. The molecule has 0 aliphatic carbocycles. The SMILES string of the molecule is COc1cc(C=O)ccc1OP(Oc1ccc(C=O)cc1OC)Oc1c(CO)cccc1OC. The Kier molecular flexibility index (Phi) is 8.67. The molecule has 0 aliphatic heterocycles. The number of benzene rings is 3. The summed E-state index contributed by atoms with van der Waals surface area (Å²) < 4.78 is 34.2. The maximum absolute atomic E-state index is 11.1. The zero-order valence-electron chi connectivity index (χ0n) is 18.7. The van der Waals surface area contributed by atoms with E-state index in [0.29, 0.717) is 35.0 Å². The predicted octanol–water partition coefficient (Wildman–Crippen LogP) is 4.59. The predicted molar refractivity (Wildman–Crippen MR) is 124 cm³/mol. The third kappa shape index (κ3) is 5.75. The minimum atomic E-state index is -2.23. The maximum atomic E-state index is 11.1. The third-order valence-corrected chi connectivity index (χ3v) is 5.63. The lowest BCUT2D eigenvalue weighted by atomic mass is 10.2. The molecule has 0 bridgehead atoms. The van der Waals surface area contributed by atoms with Crippen molar-refractivity contribution in [3.05, 3.63) is 71.3 Å². The minimum absolute atomic E-state index is 0.227. The van der Waals surface area contributed by atoms with Crippen LogP contribution in [0.1, 0.15) is 26.3 Å². The molecule has 3 rings (SSSR count). The van der Waals surface area contributed by atoms with Gasteiger partial charge in [-0.25, -0.2) is 0 Å². The van der Waals surface area contributed by atoms with Gasteiger partial charge in [-0.05, 0) is 42.5 Å². The molecular weight excluding hydrogens is 463 g/mol. The Bertz CT molecular complexity index is 1070. The lowest BCUT2D eigenvalue weighted by Gasteiger charge is -2.22. The Hall–Kier alpha value is -3.81. The smallest absolute Gasteiger partial charge is 0.493 e. The highest BCUT2D eigenvalue weighted by Gasteiger charge is 2.27. The van der Waals surface area contributed by atoms with Crippen molar-refractivity contribution in [2.24, 2.45) is 0 Å². The highest BCUT2D eigenvalue weighted by atomic mass is 31.2. The second-order valence-electron chi connectivity index (χ2n) is 6.66. The molecule has 0 saturated heterocycles. The Morgan fingerprint density at radius 2 is 1.24 bits per heavy atom. The molecule has 0 atom stereocenters. The summed E-state index contributed by atoms with van der Waals surface area (Å²) in [6.07, 6.45) is 1.37.